The number of unbranched alkanes of at least 4 members (excludes halogenated alkanes) is 1. The Morgan fingerprint density at radius 1 is 0.846 bits per heavy atom. The van der Waals surface area contributed by atoms with E-state index >= 15 is 0 Å². The van der Waals surface area contributed by atoms with Crippen LogP contribution in [-0.4, -0.2) is 0 Å². The SMILES string of the molecule is [C-]#[O+].[C-]#[O+].[C-]#[O+].[C-]#[O+].[CH2][CH][CH]C.[Mn]. The van der Waals surface area contributed by atoms with E-state index in [0.717, 1.165) is 0 Å². The molecule has 0 aliphatic rings. The predicted molar refractivity (Wildman–Crippen MR) is 35.3 cm³/mol. The van der Waals surface area contributed by atoms with Crippen LogP contribution in [0, 0.1) is 46.4 Å². The van der Waals surface area contributed by atoms with E-state index in [1.54, 1.807) is 6.42 Å². The van der Waals surface area contributed by atoms with Gasteiger partial charge in [-0.05, 0) is 19.8 Å². The molecule has 4 radical (unpaired) electrons. The van der Waals surface area contributed by atoms with Crippen LogP contribution in [0.1, 0.15) is 6.92 Å². The third kappa shape index (κ3) is 4490. The average Bonchev–Trinajstić information content (AvgIpc) is 2.29. The van der Waals surface area contributed by atoms with Gasteiger partial charge >= 0.3 is 45.2 Å². The molecule has 0 fully saturated rings. The zero-order chi connectivity index (χ0) is 11.4. The normalized spacial score (nSPS) is 2.92. The molecular weight excluding hydrogens is 215 g/mol. The molecule has 0 saturated carbocycles. The van der Waals surface area contributed by atoms with Crippen molar-refractivity contribution in [1.29, 1.82) is 0 Å². The first kappa shape index (κ1) is 39.2. The van der Waals surface area contributed by atoms with Crippen molar-refractivity contribution in [2.45, 2.75) is 6.92 Å². The quantitative estimate of drug-likeness (QED) is 0.361. The topological polar surface area (TPSA) is 79.6 Å². The van der Waals surface area contributed by atoms with Crippen LogP contribution < -0.4 is 0 Å². The van der Waals surface area contributed by atoms with Crippen LogP contribution in [0.2, 0.25) is 0 Å². The van der Waals surface area contributed by atoms with Gasteiger partial charge in [-0.1, -0.05) is 6.92 Å². The minimum absolute atomic E-state index is 0. The number of hydrogen-bond acceptors (Lipinski definition) is 0. The van der Waals surface area contributed by atoms with Crippen LogP contribution in [0.3, 0.4) is 0 Å². The molecule has 4 nitrogen and oxygen atoms in total. The van der Waals surface area contributed by atoms with Gasteiger partial charge in [0, 0.05) is 17.1 Å². The smallest absolute Gasteiger partial charge is 0 e. The summed E-state index contributed by atoms with van der Waals surface area (Å²) in [6.45, 7) is 23.4. The summed E-state index contributed by atoms with van der Waals surface area (Å²) in [5, 5.41) is 0. The Bertz CT molecular complexity index is 77.7. The summed E-state index contributed by atoms with van der Waals surface area (Å²) >= 11 is 0. The molecule has 0 unspecified atom stereocenters. The first-order valence-electron chi connectivity index (χ1n) is 2.14. The van der Waals surface area contributed by atoms with Crippen molar-refractivity contribution in [2.24, 2.45) is 0 Å². The summed E-state index contributed by atoms with van der Waals surface area (Å²) in [6.07, 6.45) is 3.64. The van der Waals surface area contributed by atoms with Gasteiger partial charge in [-0.25, -0.2) is 0 Å². The second-order valence-electron chi connectivity index (χ2n) is 0.569. The third-order valence-electron chi connectivity index (χ3n) is 0.236. The monoisotopic (exact) mass is 222 g/mol. The van der Waals surface area contributed by atoms with Crippen LogP contribution in [0.5, 0.6) is 0 Å². The molecule has 0 aliphatic carbocycles. The fourth-order valence-corrected chi connectivity index (χ4v) is 0. The summed E-state index contributed by atoms with van der Waals surface area (Å²) < 4.78 is 30.0. The molecule has 0 amide bonds. The van der Waals surface area contributed by atoms with E-state index < -0.39 is 0 Å². The van der Waals surface area contributed by atoms with Gasteiger partial charge < -0.3 is 0 Å². The van der Waals surface area contributed by atoms with Gasteiger partial charge in [-0.2, -0.15) is 0 Å². The second kappa shape index (κ2) is 576. The molecule has 0 rings (SSSR count). The Morgan fingerprint density at radius 3 is 0.923 bits per heavy atom. The molecule has 0 aromatic rings. The van der Waals surface area contributed by atoms with Crippen LogP contribution in [0.25, 0.3) is 0 Å². The van der Waals surface area contributed by atoms with Gasteiger partial charge in [-0.3, -0.25) is 0 Å². The van der Waals surface area contributed by atoms with Crippen molar-refractivity contribution < 1.29 is 35.7 Å². The van der Waals surface area contributed by atoms with Gasteiger partial charge in [0.2, 0.25) is 0 Å². The number of rotatable bonds is 1. The molecule has 0 aromatic carbocycles. The van der Waals surface area contributed by atoms with Crippen LogP contribution in [-0.2, 0) is 35.7 Å². The predicted octanol–water partition coefficient (Wildman–Crippen LogP) is 1.10. The standard InChI is InChI=1S/C4H7.4CO.Mn/c1-3-4-2;4*1-2;/h3-4H,1H2,2H3;;;;;. The minimum Gasteiger partial charge on any atom is -0.0620 e. The van der Waals surface area contributed by atoms with Crippen molar-refractivity contribution in [3.8, 4) is 0 Å². The summed E-state index contributed by atoms with van der Waals surface area (Å²) in [7, 11) is 0. The first-order chi connectivity index (χ1) is 5.91. The van der Waals surface area contributed by atoms with E-state index in [-0.39, 0.29) is 17.1 Å². The molecule has 0 saturated heterocycles. The van der Waals surface area contributed by atoms with Gasteiger partial charge in [0.25, 0.3) is 0 Å². The fourth-order valence-electron chi connectivity index (χ4n) is 0. The van der Waals surface area contributed by atoms with Crippen molar-refractivity contribution in [3.63, 3.8) is 0 Å². The minimum atomic E-state index is 0. The Morgan fingerprint density at radius 2 is 0.923 bits per heavy atom. The summed E-state index contributed by atoms with van der Waals surface area (Å²) in [5.74, 6) is 0. The molecule has 0 spiro atoms. The zero-order valence-corrected chi connectivity index (χ0v) is 8.05. The van der Waals surface area contributed by atoms with Gasteiger partial charge in [0.15, 0.2) is 0 Å². The van der Waals surface area contributed by atoms with E-state index in [1.807, 2.05) is 13.3 Å². The molecule has 0 atom stereocenters. The molecule has 0 N–H and O–H groups in total. The van der Waals surface area contributed by atoms with E-state index in [4.69, 9.17) is 18.6 Å². The Hall–Kier alpha value is -0.521. The Labute approximate surface area is 89.4 Å². The Kier molecular flexibility index (Phi) is 1740. The molecule has 0 heterocycles. The van der Waals surface area contributed by atoms with E-state index in [0.29, 0.717) is 0 Å². The zero-order valence-electron chi connectivity index (χ0n) is 6.87. The van der Waals surface area contributed by atoms with E-state index in [2.05, 4.69) is 33.5 Å². The Balaban J connectivity index is -0.0000000122. The van der Waals surface area contributed by atoms with Crippen molar-refractivity contribution >= 4 is 0 Å². The molecule has 13 heavy (non-hydrogen) atoms. The first-order valence-corrected chi connectivity index (χ1v) is 2.14. The maximum atomic E-state index is 7.50. The largest absolute Gasteiger partial charge is 0.0620 e. The molecule has 0 aromatic heterocycles. The third-order valence-corrected chi connectivity index (χ3v) is 0.236. The second-order valence-corrected chi connectivity index (χ2v) is 0.569. The maximum Gasteiger partial charge on any atom is 0 e. The van der Waals surface area contributed by atoms with Crippen molar-refractivity contribution in [1.82, 2.24) is 0 Å². The van der Waals surface area contributed by atoms with Crippen LogP contribution in [0.4, 0.5) is 0 Å². The summed E-state index contributed by atoms with van der Waals surface area (Å²) in [6, 6.07) is 0. The summed E-state index contributed by atoms with van der Waals surface area (Å²) in [4.78, 5) is 0. The molecule has 70 valence electrons. The fraction of sp³-hybridized carbons (Fsp3) is 0.125. The van der Waals surface area contributed by atoms with Crippen LogP contribution >= 0.6 is 0 Å². The molecule has 0 aliphatic heterocycles. The maximum absolute atomic E-state index is 7.50. The molecule has 0 bridgehead atoms. The summed E-state index contributed by atoms with van der Waals surface area (Å²) in [5.41, 5.74) is 0. The number of hydrogen-bond donors (Lipinski definition) is 0. The van der Waals surface area contributed by atoms with Gasteiger partial charge in [-0.15, -0.1) is 0 Å². The molecule has 5 heteroatoms. The van der Waals surface area contributed by atoms with Crippen molar-refractivity contribution in [3.05, 3.63) is 46.4 Å². The van der Waals surface area contributed by atoms with E-state index in [1.165, 1.54) is 0 Å². The molecular formula is C8H7MnO4. The van der Waals surface area contributed by atoms with Crippen LogP contribution in [0.15, 0.2) is 0 Å². The van der Waals surface area contributed by atoms with E-state index in [9.17, 15) is 0 Å². The average molecular weight is 222 g/mol. The van der Waals surface area contributed by atoms with Gasteiger partial charge in [0.05, 0.1) is 0 Å². The van der Waals surface area contributed by atoms with Crippen molar-refractivity contribution in [2.75, 3.05) is 0 Å². The van der Waals surface area contributed by atoms with Gasteiger partial charge in [0.1, 0.15) is 0 Å².